The summed E-state index contributed by atoms with van der Waals surface area (Å²) in [7, 11) is 0. The lowest BCUT2D eigenvalue weighted by molar-refractivity contribution is 0.0102. The molecule has 31 heavy (non-hydrogen) atoms. The molecule has 0 aliphatic heterocycles. The van der Waals surface area contributed by atoms with Crippen LogP contribution in [-0.2, 0) is 0 Å². The van der Waals surface area contributed by atoms with Gasteiger partial charge in [-0.1, -0.05) is 50.0 Å². The molecule has 4 heteroatoms. The first-order valence-electron chi connectivity index (χ1n) is 12.6. The average Bonchev–Trinajstić information content (AvgIpc) is 3.02. The Labute approximate surface area is 189 Å². The minimum atomic E-state index is -0.657. The minimum absolute atomic E-state index is 0.0612. The van der Waals surface area contributed by atoms with Gasteiger partial charge in [0.2, 0.25) is 0 Å². The minimum Gasteiger partial charge on any atom is -0.396 e. The van der Waals surface area contributed by atoms with Crippen molar-refractivity contribution < 1.29 is 20.4 Å². The smallest absolute Gasteiger partial charge is 0.0652 e. The van der Waals surface area contributed by atoms with Gasteiger partial charge in [-0.25, -0.2) is 0 Å². The molecule has 3 rings (SSSR count). The van der Waals surface area contributed by atoms with Gasteiger partial charge in [-0.3, -0.25) is 0 Å². The van der Waals surface area contributed by atoms with Gasteiger partial charge in [-0.15, -0.1) is 0 Å². The molecule has 0 bridgehead atoms. The zero-order valence-corrected chi connectivity index (χ0v) is 20.2. The largest absolute Gasteiger partial charge is 0.396 e. The lowest BCUT2D eigenvalue weighted by Crippen LogP contribution is -2.36. The number of allylic oxidation sites excluding steroid dienone is 3. The van der Waals surface area contributed by atoms with E-state index in [-0.39, 0.29) is 12.5 Å². The summed E-state index contributed by atoms with van der Waals surface area (Å²) in [5.41, 5.74) is 2.29. The molecule has 0 amide bonds. The normalized spacial score (nSPS) is 40.3. The molecule has 0 heterocycles. The SMILES string of the molecule is C[C@H](CCCC(C)(C)O)[C@H]1CCC2/C(=C/C=C3/C[C@@H](O)CC(O)C3CO)CCC[C@@]21C. The first-order valence-corrected chi connectivity index (χ1v) is 12.6. The van der Waals surface area contributed by atoms with E-state index in [1.54, 1.807) is 0 Å². The third-order valence-corrected chi connectivity index (χ3v) is 8.81. The lowest BCUT2D eigenvalue weighted by atomic mass is 9.60. The van der Waals surface area contributed by atoms with E-state index in [9.17, 15) is 20.4 Å². The second kappa shape index (κ2) is 10.1. The van der Waals surface area contributed by atoms with Crippen molar-refractivity contribution in [2.45, 2.75) is 110 Å². The maximum Gasteiger partial charge on any atom is 0.0652 e. The third kappa shape index (κ3) is 5.82. The van der Waals surface area contributed by atoms with E-state index in [4.69, 9.17) is 0 Å². The maximum atomic E-state index is 10.3. The van der Waals surface area contributed by atoms with Crippen LogP contribution in [0.1, 0.15) is 91.9 Å². The van der Waals surface area contributed by atoms with Crippen LogP contribution in [0.3, 0.4) is 0 Å². The Morgan fingerprint density at radius 1 is 1.16 bits per heavy atom. The van der Waals surface area contributed by atoms with Gasteiger partial charge < -0.3 is 20.4 Å². The van der Waals surface area contributed by atoms with Crippen LogP contribution in [0.15, 0.2) is 23.3 Å². The molecule has 0 aromatic heterocycles. The van der Waals surface area contributed by atoms with Crippen molar-refractivity contribution in [2.75, 3.05) is 6.61 Å². The third-order valence-electron chi connectivity index (χ3n) is 8.81. The summed E-state index contributed by atoms with van der Waals surface area (Å²) >= 11 is 0. The van der Waals surface area contributed by atoms with Crippen molar-refractivity contribution in [1.82, 2.24) is 0 Å². The van der Waals surface area contributed by atoms with Crippen LogP contribution in [0, 0.1) is 29.1 Å². The highest BCUT2D eigenvalue weighted by atomic mass is 16.3. The van der Waals surface area contributed by atoms with Crippen LogP contribution >= 0.6 is 0 Å². The van der Waals surface area contributed by atoms with Crippen LogP contribution in [0.4, 0.5) is 0 Å². The molecule has 0 saturated heterocycles. The van der Waals surface area contributed by atoms with Gasteiger partial charge in [0.1, 0.15) is 0 Å². The highest BCUT2D eigenvalue weighted by Crippen LogP contribution is 2.60. The fourth-order valence-corrected chi connectivity index (χ4v) is 7.11. The van der Waals surface area contributed by atoms with Crippen LogP contribution in [0.25, 0.3) is 0 Å². The predicted octanol–water partition coefficient (Wildman–Crippen LogP) is 4.76. The first-order chi connectivity index (χ1) is 14.5. The van der Waals surface area contributed by atoms with Gasteiger partial charge in [0.15, 0.2) is 0 Å². The fraction of sp³-hybridized carbons (Fsp3) is 0.852. The first kappa shape index (κ1) is 25.0. The van der Waals surface area contributed by atoms with Crippen LogP contribution in [0.5, 0.6) is 0 Å². The van der Waals surface area contributed by atoms with Gasteiger partial charge in [0.05, 0.1) is 24.4 Å². The van der Waals surface area contributed by atoms with Crippen molar-refractivity contribution in [3.05, 3.63) is 23.3 Å². The summed E-state index contributed by atoms with van der Waals surface area (Å²) in [5.74, 6) is 1.78. The maximum absolute atomic E-state index is 10.3. The second-order valence-electron chi connectivity index (χ2n) is 11.7. The van der Waals surface area contributed by atoms with Gasteiger partial charge in [0.25, 0.3) is 0 Å². The van der Waals surface area contributed by atoms with Crippen LogP contribution in [0.2, 0.25) is 0 Å². The zero-order chi connectivity index (χ0) is 22.8. The van der Waals surface area contributed by atoms with E-state index < -0.39 is 17.8 Å². The van der Waals surface area contributed by atoms with Crippen LogP contribution in [-0.4, -0.2) is 44.8 Å². The lowest BCUT2D eigenvalue weighted by Gasteiger charge is -2.44. The number of aliphatic hydroxyl groups is 4. The van der Waals surface area contributed by atoms with E-state index >= 15 is 0 Å². The second-order valence-corrected chi connectivity index (χ2v) is 11.7. The summed E-state index contributed by atoms with van der Waals surface area (Å²) in [6.45, 7) is 8.67. The highest BCUT2D eigenvalue weighted by molar-refractivity contribution is 5.27. The fourth-order valence-electron chi connectivity index (χ4n) is 7.11. The van der Waals surface area contributed by atoms with E-state index in [2.05, 4.69) is 26.0 Å². The Hall–Kier alpha value is -0.680. The molecule has 0 spiro atoms. The number of hydrogen-bond donors (Lipinski definition) is 4. The Morgan fingerprint density at radius 2 is 1.87 bits per heavy atom. The van der Waals surface area contributed by atoms with Gasteiger partial charge in [-0.05, 0) is 82.0 Å². The van der Waals surface area contributed by atoms with Crippen molar-refractivity contribution in [3.8, 4) is 0 Å². The Balaban J connectivity index is 1.71. The van der Waals surface area contributed by atoms with Crippen LogP contribution < -0.4 is 0 Å². The summed E-state index contributed by atoms with van der Waals surface area (Å²) in [6.07, 6.45) is 13.4. The van der Waals surface area contributed by atoms with Gasteiger partial charge in [-0.2, -0.15) is 0 Å². The summed E-state index contributed by atoms with van der Waals surface area (Å²) in [6, 6.07) is 0. The molecule has 4 nitrogen and oxygen atoms in total. The van der Waals surface area contributed by atoms with E-state index in [0.29, 0.717) is 30.1 Å². The number of aliphatic hydroxyl groups excluding tert-OH is 3. The number of rotatable bonds is 7. The molecular weight excluding hydrogens is 388 g/mol. The Morgan fingerprint density at radius 3 is 2.55 bits per heavy atom. The van der Waals surface area contributed by atoms with Gasteiger partial charge in [0, 0.05) is 12.3 Å². The molecular formula is C27H46O4. The predicted molar refractivity (Wildman–Crippen MR) is 125 cm³/mol. The van der Waals surface area contributed by atoms with Crippen molar-refractivity contribution in [3.63, 3.8) is 0 Å². The summed E-state index contributed by atoms with van der Waals surface area (Å²) in [5, 5.41) is 40.1. The van der Waals surface area contributed by atoms with Crippen molar-refractivity contribution in [1.29, 1.82) is 0 Å². The van der Waals surface area contributed by atoms with Gasteiger partial charge >= 0.3 is 0 Å². The standard InChI is InChI=1S/C27H46O4/c1-18(7-5-13-26(2,3)31)23-11-12-24-19(8-6-14-27(23,24)4)9-10-20-15-21(29)16-25(30)22(20)17-28/h9-10,18,21-25,28-31H,5-8,11-17H2,1-4H3/b19-9+,20-10-/t18-,21-,22?,23-,24?,25?,27-/m1/s1. The Bertz CT molecular complexity index is 661. The number of hydrogen-bond acceptors (Lipinski definition) is 4. The molecule has 3 aliphatic carbocycles. The van der Waals surface area contributed by atoms with E-state index in [1.165, 1.54) is 37.7 Å². The molecule has 7 atom stereocenters. The molecule has 3 unspecified atom stereocenters. The van der Waals surface area contributed by atoms with Crippen molar-refractivity contribution in [2.24, 2.45) is 29.1 Å². The average molecular weight is 435 g/mol. The van der Waals surface area contributed by atoms with Crippen molar-refractivity contribution >= 4 is 0 Å². The molecule has 3 fully saturated rings. The molecule has 4 N–H and O–H groups in total. The quantitative estimate of drug-likeness (QED) is 0.466. The zero-order valence-electron chi connectivity index (χ0n) is 20.2. The topological polar surface area (TPSA) is 80.9 Å². The molecule has 3 aliphatic rings. The monoisotopic (exact) mass is 434 g/mol. The molecule has 0 aromatic carbocycles. The molecule has 0 radical (unpaired) electrons. The molecule has 178 valence electrons. The number of fused-ring (bicyclic) bond motifs is 1. The van der Waals surface area contributed by atoms with E-state index in [0.717, 1.165) is 30.8 Å². The Kier molecular flexibility index (Phi) is 8.11. The summed E-state index contributed by atoms with van der Waals surface area (Å²) < 4.78 is 0. The molecule has 0 aromatic rings. The summed E-state index contributed by atoms with van der Waals surface area (Å²) in [4.78, 5) is 0. The molecule has 3 saturated carbocycles. The van der Waals surface area contributed by atoms with E-state index in [1.807, 2.05) is 13.8 Å². The highest BCUT2D eigenvalue weighted by Gasteiger charge is 2.50.